The minimum absolute atomic E-state index is 0. The molecule has 2 fully saturated rings. The Bertz CT molecular complexity index is 1290. The molecule has 1 aromatic carbocycles. The number of rotatable bonds is 6. The van der Waals surface area contributed by atoms with E-state index in [4.69, 9.17) is 20.7 Å². The highest BCUT2D eigenvalue weighted by atomic mass is 35.5. The SMILES string of the molecule is CC(Nc1nc(NC2CCC(N)CC2)nc2c1ncn2C1CCCC1)c1c[nH]c2ccccc12.Cl.Cl. The number of nitrogens with two attached hydrogens (primary N) is 1. The number of benzene rings is 1. The van der Waals surface area contributed by atoms with E-state index in [2.05, 4.69) is 57.6 Å². The van der Waals surface area contributed by atoms with Crippen molar-refractivity contribution in [3.63, 3.8) is 0 Å². The van der Waals surface area contributed by atoms with Gasteiger partial charge in [-0.2, -0.15) is 9.97 Å². The quantitative estimate of drug-likeness (QED) is 0.239. The van der Waals surface area contributed by atoms with E-state index < -0.39 is 0 Å². The predicted molar refractivity (Wildman–Crippen MR) is 152 cm³/mol. The van der Waals surface area contributed by atoms with Crippen LogP contribution in [0.15, 0.2) is 36.8 Å². The number of para-hydroxylation sites is 1. The summed E-state index contributed by atoms with van der Waals surface area (Å²) < 4.78 is 2.27. The number of aromatic amines is 1. The van der Waals surface area contributed by atoms with E-state index in [-0.39, 0.29) is 30.9 Å². The first kappa shape index (κ1) is 26.5. The van der Waals surface area contributed by atoms with Crippen LogP contribution in [0.2, 0.25) is 0 Å². The van der Waals surface area contributed by atoms with E-state index in [1.807, 2.05) is 6.33 Å². The first-order valence-electron chi connectivity index (χ1n) is 12.7. The van der Waals surface area contributed by atoms with Crippen molar-refractivity contribution in [2.45, 2.75) is 82.5 Å². The molecule has 2 saturated carbocycles. The number of aromatic nitrogens is 5. The highest BCUT2D eigenvalue weighted by Gasteiger charge is 2.24. The molecule has 5 N–H and O–H groups in total. The van der Waals surface area contributed by atoms with Gasteiger partial charge < -0.3 is 25.9 Å². The molecule has 0 aliphatic heterocycles. The average Bonchev–Trinajstić information content (AvgIpc) is 3.60. The van der Waals surface area contributed by atoms with Crippen LogP contribution in [0.4, 0.5) is 11.8 Å². The summed E-state index contributed by atoms with van der Waals surface area (Å²) in [5, 5.41) is 8.50. The van der Waals surface area contributed by atoms with Gasteiger partial charge >= 0.3 is 0 Å². The first-order valence-corrected chi connectivity index (χ1v) is 12.7. The summed E-state index contributed by atoms with van der Waals surface area (Å²) in [5.41, 5.74) is 10.2. The van der Waals surface area contributed by atoms with E-state index in [0.29, 0.717) is 24.1 Å². The lowest BCUT2D eigenvalue weighted by Gasteiger charge is -2.27. The van der Waals surface area contributed by atoms with E-state index in [1.54, 1.807) is 0 Å². The average molecular weight is 532 g/mol. The maximum Gasteiger partial charge on any atom is 0.227 e. The first-order chi connectivity index (χ1) is 16.7. The summed E-state index contributed by atoms with van der Waals surface area (Å²) in [6.07, 6.45) is 13.2. The van der Waals surface area contributed by atoms with Gasteiger partial charge in [-0.05, 0) is 57.1 Å². The smallest absolute Gasteiger partial charge is 0.227 e. The van der Waals surface area contributed by atoms with Gasteiger partial charge in [-0.25, -0.2) is 4.98 Å². The Morgan fingerprint density at radius 1 is 1.03 bits per heavy atom. The molecule has 0 radical (unpaired) electrons. The van der Waals surface area contributed by atoms with E-state index in [9.17, 15) is 0 Å². The molecule has 0 spiro atoms. The molecule has 1 unspecified atom stereocenters. The Balaban J connectivity index is 0.00000152. The Hall–Kier alpha value is -2.55. The van der Waals surface area contributed by atoms with Crippen LogP contribution in [-0.2, 0) is 0 Å². The Kier molecular flexibility index (Phi) is 8.27. The zero-order valence-corrected chi connectivity index (χ0v) is 22.2. The fourth-order valence-electron chi connectivity index (χ4n) is 5.71. The van der Waals surface area contributed by atoms with Crippen LogP contribution in [0.5, 0.6) is 0 Å². The van der Waals surface area contributed by atoms with Crippen LogP contribution in [0, 0.1) is 0 Å². The minimum atomic E-state index is 0. The number of hydrogen-bond acceptors (Lipinski definition) is 6. The zero-order chi connectivity index (χ0) is 23.1. The molecule has 1 atom stereocenters. The van der Waals surface area contributed by atoms with Crippen molar-refractivity contribution in [3.05, 3.63) is 42.4 Å². The van der Waals surface area contributed by atoms with E-state index in [1.165, 1.54) is 36.6 Å². The van der Waals surface area contributed by atoms with Gasteiger partial charge in [0.05, 0.1) is 12.4 Å². The number of anilines is 2. The number of imidazole rings is 1. The predicted octanol–water partition coefficient (Wildman–Crippen LogP) is 6.12. The van der Waals surface area contributed by atoms with Gasteiger partial charge in [0.15, 0.2) is 17.0 Å². The Morgan fingerprint density at radius 2 is 1.78 bits per heavy atom. The van der Waals surface area contributed by atoms with Crippen LogP contribution in [0.1, 0.15) is 75.9 Å². The van der Waals surface area contributed by atoms with E-state index >= 15 is 0 Å². The molecule has 10 heteroatoms. The maximum absolute atomic E-state index is 6.12. The molecular weight excluding hydrogens is 495 g/mol. The van der Waals surface area contributed by atoms with Crippen molar-refractivity contribution >= 4 is 58.6 Å². The van der Waals surface area contributed by atoms with Crippen LogP contribution < -0.4 is 16.4 Å². The van der Waals surface area contributed by atoms with E-state index in [0.717, 1.165) is 48.2 Å². The van der Waals surface area contributed by atoms with Gasteiger partial charge in [-0.3, -0.25) is 0 Å². The molecule has 3 aromatic heterocycles. The second-order valence-electron chi connectivity index (χ2n) is 10.1. The van der Waals surface area contributed by atoms with Crippen molar-refractivity contribution in [3.8, 4) is 0 Å². The van der Waals surface area contributed by atoms with Crippen molar-refractivity contribution in [1.82, 2.24) is 24.5 Å². The van der Waals surface area contributed by atoms with Crippen LogP contribution in [0.3, 0.4) is 0 Å². The lowest BCUT2D eigenvalue weighted by Crippen LogP contribution is -2.33. The third-order valence-corrected chi connectivity index (χ3v) is 7.69. The lowest BCUT2D eigenvalue weighted by molar-refractivity contribution is 0.410. The Labute approximate surface area is 224 Å². The molecule has 8 nitrogen and oxygen atoms in total. The summed E-state index contributed by atoms with van der Waals surface area (Å²) in [6, 6.07) is 9.61. The molecule has 0 amide bonds. The number of nitrogens with zero attached hydrogens (tertiary/aromatic N) is 4. The number of H-pyrrole nitrogens is 1. The number of hydrogen-bond donors (Lipinski definition) is 4. The van der Waals surface area contributed by atoms with Gasteiger partial charge in [0.2, 0.25) is 5.95 Å². The van der Waals surface area contributed by atoms with Crippen molar-refractivity contribution in [1.29, 1.82) is 0 Å². The van der Waals surface area contributed by atoms with Crippen LogP contribution in [-0.4, -0.2) is 36.6 Å². The largest absolute Gasteiger partial charge is 0.361 e. The summed E-state index contributed by atoms with van der Waals surface area (Å²) in [6.45, 7) is 2.17. The molecule has 0 bridgehead atoms. The Morgan fingerprint density at radius 3 is 2.56 bits per heavy atom. The van der Waals surface area contributed by atoms with Gasteiger partial charge in [0.25, 0.3) is 0 Å². The number of halogens is 2. The molecule has 2 aliphatic carbocycles. The zero-order valence-electron chi connectivity index (χ0n) is 20.6. The van der Waals surface area contributed by atoms with Crippen molar-refractivity contribution in [2.75, 3.05) is 10.6 Å². The summed E-state index contributed by atoms with van der Waals surface area (Å²) in [5.74, 6) is 1.47. The molecule has 6 rings (SSSR count). The normalized spacial score (nSPS) is 21.2. The highest BCUT2D eigenvalue weighted by molar-refractivity contribution is 5.87. The molecule has 36 heavy (non-hydrogen) atoms. The highest BCUT2D eigenvalue weighted by Crippen LogP contribution is 2.34. The van der Waals surface area contributed by atoms with Crippen LogP contribution in [0.25, 0.3) is 22.1 Å². The van der Waals surface area contributed by atoms with Gasteiger partial charge in [0.1, 0.15) is 0 Å². The monoisotopic (exact) mass is 530 g/mol. The third-order valence-electron chi connectivity index (χ3n) is 7.69. The van der Waals surface area contributed by atoms with Crippen LogP contribution >= 0.6 is 24.8 Å². The van der Waals surface area contributed by atoms with Gasteiger partial charge in [0, 0.05) is 35.2 Å². The number of nitrogens with one attached hydrogen (secondary N) is 3. The summed E-state index contributed by atoms with van der Waals surface area (Å²) in [4.78, 5) is 18.1. The molecule has 0 saturated heterocycles. The maximum atomic E-state index is 6.12. The summed E-state index contributed by atoms with van der Waals surface area (Å²) in [7, 11) is 0. The van der Waals surface area contributed by atoms with Crippen molar-refractivity contribution in [2.24, 2.45) is 5.73 Å². The van der Waals surface area contributed by atoms with Gasteiger partial charge in [-0.1, -0.05) is 31.0 Å². The topological polar surface area (TPSA) is 109 Å². The molecule has 3 heterocycles. The molecule has 2 aliphatic rings. The molecular formula is C26H36Cl2N8. The second-order valence-corrected chi connectivity index (χ2v) is 10.1. The van der Waals surface area contributed by atoms with Crippen molar-refractivity contribution < 1.29 is 0 Å². The molecule has 194 valence electrons. The fourth-order valence-corrected chi connectivity index (χ4v) is 5.71. The van der Waals surface area contributed by atoms with Gasteiger partial charge in [-0.15, -0.1) is 24.8 Å². The minimum Gasteiger partial charge on any atom is -0.361 e. The summed E-state index contributed by atoms with van der Waals surface area (Å²) >= 11 is 0. The second kappa shape index (κ2) is 11.2. The number of fused-ring (bicyclic) bond motifs is 2. The molecule has 4 aromatic rings. The lowest BCUT2D eigenvalue weighted by atomic mass is 9.92. The standard InChI is InChI=1S/C26H34N8.2ClH/c1-16(21-14-28-22-9-5-4-8-20(21)22)30-24-23-25(34(15-29-23)19-6-2-3-7-19)33-26(32-24)31-18-12-10-17(27)11-13-18;;/h4-5,8-9,14-19,28H,2-3,6-7,10-13,27H2,1H3,(H2,30,31,32,33);2*1H. The third kappa shape index (κ3) is 5.12. The fraction of sp³-hybridized carbons (Fsp3) is 0.500.